The van der Waals surface area contributed by atoms with Crippen molar-refractivity contribution in [2.75, 3.05) is 0 Å². The number of rotatable bonds is 6. The molecule has 0 fully saturated rings. The molecule has 8 heteroatoms. The van der Waals surface area contributed by atoms with Crippen molar-refractivity contribution in [3.8, 4) is 34.6 Å². The number of ether oxygens (including phenoxy) is 2. The molecule has 0 unspecified atom stereocenters. The van der Waals surface area contributed by atoms with E-state index in [1.54, 1.807) is 0 Å². The van der Waals surface area contributed by atoms with E-state index in [-0.39, 0.29) is 21.1 Å². The molecule has 0 spiro atoms. The van der Waals surface area contributed by atoms with Crippen LogP contribution >= 0.6 is 0 Å². The number of benzene rings is 4. The fraction of sp³-hybridized carbons (Fsp3) is 0.118. The van der Waals surface area contributed by atoms with Crippen LogP contribution in [0.1, 0.15) is 23.0 Å². The van der Waals surface area contributed by atoms with Crippen molar-refractivity contribution in [3.63, 3.8) is 0 Å². The molecule has 210 valence electrons. The normalized spacial score (nSPS) is 11.1. The topological polar surface area (TPSA) is 67.2 Å². The molecule has 0 amide bonds. The van der Waals surface area contributed by atoms with Gasteiger partial charge in [0.25, 0.3) is 0 Å². The molecule has 3 heterocycles. The van der Waals surface area contributed by atoms with Gasteiger partial charge >= 0.3 is 21.1 Å². The molecular formula is C34H26N4O3Pt. The number of hydrogen-bond acceptors (Lipinski definition) is 5. The van der Waals surface area contributed by atoms with Gasteiger partial charge in [0.15, 0.2) is 0 Å². The van der Waals surface area contributed by atoms with Gasteiger partial charge in [-0.05, 0) is 63.1 Å². The van der Waals surface area contributed by atoms with Gasteiger partial charge < -0.3 is 13.9 Å². The Morgan fingerprint density at radius 2 is 0.976 bits per heavy atom. The standard InChI is InChI=1S/C34H26N4O3.Pt/c1-21-33(35-23(3)37(21)25-11-7-5-8-12-25)39-27-15-17-31-29(19-27)30-20-28(16-18-32(30)41-31)40-34-22(2)38(24(4)36-34)26-13-9-6-10-14-26;/h5-18H,1-4H3;/q-2;+2. The van der Waals surface area contributed by atoms with E-state index in [0.29, 0.717) is 34.4 Å². The fourth-order valence-corrected chi connectivity index (χ4v) is 5.25. The first-order chi connectivity index (χ1) is 20.0. The Labute approximate surface area is 257 Å². The minimum absolute atomic E-state index is 0. The van der Waals surface area contributed by atoms with Gasteiger partial charge in [-0.25, -0.2) is 0 Å². The zero-order valence-corrected chi connectivity index (χ0v) is 25.7. The van der Waals surface area contributed by atoms with Gasteiger partial charge in [0.05, 0.1) is 11.4 Å². The summed E-state index contributed by atoms with van der Waals surface area (Å²) in [7, 11) is 0. The summed E-state index contributed by atoms with van der Waals surface area (Å²) >= 11 is 0. The van der Waals surface area contributed by atoms with Crippen molar-refractivity contribution in [2.45, 2.75) is 27.7 Å². The molecule has 0 aliphatic carbocycles. The Morgan fingerprint density at radius 1 is 0.571 bits per heavy atom. The van der Waals surface area contributed by atoms with E-state index in [1.165, 1.54) is 0 Å². The number of hydrogen-bond donors (Lipinski definition) is 0. The van der Waals surface area contributed by atoms with Crippen LogP contribution in [-0.2, 0) is 21.1 Å². The fourth-order valence-electron chi connectivity index (χ4n) is 5.25. The predicted molar refractivity (Wildman–Crippen MR) is 158 cm³/mol. The Morgan fingerprint density at radius 3 is 1.38 bits per heavy atom. The number of furan rings is 1. The number of imidazole rings is 2. The van der Waals surface area contributed by atoms with E-state index < -0.39 is 0 Å². The minimum Gasteiger partial charge on any atom is -0.564 e. The second kappa shape index (κ2) is 11.0. The molecule has 0 N–H and O–H groups in total. The maximum absolute atomic E-state index is 6.23. The second-order valence-corrected chi connectivity index (χ2v) is 9.87. The SMILES string of the molecule is Cc1nc(Oc2[c-]c3c(cc2)oc2ccc(Oc4nc(C)n(-c5ccccc5)c4C)[c-]c23)c(C)n1-c1ccccc1.[Pt+2]. The second-order valence-electron chi connectivity index (χ2n) is 9.87. The molecule has 0 radical (unpaired) electrons. The van der Waals surface area contributed by atoms with Gasteiger partial charge in [-0.15, -0.1) is 24.3 Å². The molecule has 7 nitrogen and oxygen atoms in total. The zero-order valence-electron chi connectivity index (χ0n) is 23.4. The van der Waals surface area contributed by atoms with Crippen LogP contribution in [0.25, 0.3) is 33.3 Å². The van der Waals surface area contributed by atoms with E-state index >= 15 is 0 Å². The van der Waals surface area contributed by atoms with Gasteiger partial charge in [0.1, 0.15) is 11.6 Å². The molecular weight excluding hydrogens is 707 g/mol. The number of aromatic nitrogens is 4. The van der Waals surface area contributed by atoms with Gasteiger partial charge in [0.2, 0.25) is 11.8 Å². The smallest absolute Gasteiger partial charge is 0.564 e. The largest absolute Gasteiger partial charge is 2.00 e. The number of aryl methyl sites for hydroxylation is 2. The summed E-state index contributed by atoms with van der Waals surface area (Å²) in [6.45, 7) is 7.92. The van der Waals surface area contributed by atoms with Crippen LogP contribution in [0.2, 0.25) is 0 Å². The van der Waals surface area contributed by atoms with Gasteiger partial charge in [0, 0.05) is 22.9 Å². The predicted octanol–water partition coefficient (Wildman–Crippen LogP) is 8.37. The Kier molecular flexibility index (Phi) is 7.21. The summed E-state index contributed by atoms with van der Waals surface area (Å²) in [5.74, 6) is 3.82. The van der Waals surface area contributed by atoms with Crippen LogP contribution in [0.3, 0.4) is 0 Å². The first-order valence-corrected chi connectivity index (χ1v) is 13.4. The van der Waals surface area contributed by atoms with Crippen molar-refractivity contribution < 1.29 is 35.0 Å². The number of nitrogens with zero attached hydrogens (tertiary/aromatic N) is 4. The monoisotopic (exact) mass is 733 g/mol. The third-order valence-corrected chi connectivity index (χ3v) is 7.14. The molecule has 42 heavy (non-hydrogen) atoms. The van der Waals surface area contributed by atoms with Crippen molar-refractivity contribution in [3.05, 3.63) is 120 Å². The van der Waals surface area contributed by atoms with E-state index in [0.717, 1.165) is 45.2 Å². The average molecular weight is 734 g/mol. The van der Waals surface area contributed by atoms with Crippen LogP contribution in [0, 0.1) is 39.8 Å². The first-order valence-electron chi connectivity index (χ1n) is 13.4. The quantitative estimate of drug-likeness (QED) is 0.161. The van der Waals surface area contributed by atoms with Crippen LogP contribution in [-0.4, -0.2) is 19.1 Å². The summed E-state index contributed by atoms with van der Waals surface area (Å²) < 4.78 is 22.7. The summed E-state index contributed by atoms with van der Waals surface area (Å²) in [5, 5.41) is 1.50. The van der Waals surface area contributed by atoms with Crippen LogP contribution in [0.5, 0.6) is 23.3 Å². The van der Waals surface area contributed by atoms with E-state index in [9.17, 15) is 0 Å². The van der Waals surface area contributed by atoms with Crippen molar-refractivity contribution in [1.82, 2.24) is 19.1 Å². The van der Waals surface area contributed by atoms with Crippen LogP contribution in [0.4, 0.5) is 0 Å². The third kappa shape index (κ3) is 4.80. The Balaban J connectivity index is 0.00000316. The van der Waals surface area contributed by atoms with Gasteiger partial charge in [-0.2, -0.15) is 20.7 Å². The van der Waals surface area contributed by atoms with Gasteiger partial charge in [-0.3, -0.25) is 9.13 Å². The van der Waals surface area contributed by atoms with Crippen LogP contribution in [0.15, 0.2) is 89.3 Å². The summed E-state index contributed by atoms with van der Waals surface area (Å²) in [6.07, 6.45) is 0. The van der Waals surface area contributed by atoms with Gasteiger partial charge in [-0.1, -0.05) is 48.5 Å². The zero-order chi connectivity index (χ0) is 28.1. The van der Waals surface area contributed by atoms with E-state index in [4.69, 9.17) is 13.9 Å². The molecule has 3 aromatic heterocycles. The van der Waals surface area contributed by atoms with Crippen LogP contribution < -0.4 is 9.47 Å². The summed E-state index contributed by atoms with van der Waals surface area (Å²) in [5.41, 5.74) is 5.24. The summed E-state index contributed by atoms with van der Waals surface area (Å²) in [6, 6.07) is 34.3. The first kappa shape index (κ1) is 27.6. The summed E-state index contributed by atoms with van der Waals surface area (Å²) in [4.78, 5) is 9.35. The molecule has 0 saturated carbocycles. The van der Waals surface area contributed by atoms with Crippen molar-refractivity contribution >= 4 is 21.9 Å². The molecule has 0 aliphatic rings. The molecule has 0 aliphatic heterocycles. The Hall–Kier alpha value is -4.61. The van der Waals surface area contributed by atoms with E-state index in [1.807, 2.05) is 113 Å². The minimum atomic E-state index is 0. The molecule has 7 aromatic rings. The molecule has 0 bridgehead atoms. The van der Waals surface area contributed by atoms with E-state index in [2.05, 4.69) is 31.2 Å². The molecule has 7 rings (SSSR count). The maximum Gasteiger partial charge on any atom is 2.00 e. The van der Waals surface area contributed by atoms with Crippen molar-refractivity contribution in [2.24, 2.45) is 0 Å². The molecule has 0 saturated heterocycles. The number of para-hydroxylation sites is 2. The van der Waals surface area contributed by atoms with Crippen molar-refractivity contribution in [1.29, 1.82) is 0 Å². The number of fused-ring (bicyclic) bond motifs is 3. The maximum atomic E-state index is 6.23. The molecule has 0 atom stereocenters. The Bertz CT molecular complexity index is 1900. The third-order valence-electron chi connectivity index (χ3n) is 7.14. The average Bonchev–Trinajstić information content (AvgIpc) is 3.58. The molecule has 4 aromatic carbocycles.